The number of benzene rings is 8. The van der Waals surface area contributed by atoms with Crippen LogP contribution in [0.4, 0.5) is 17.1 Å². The van der Waals surface area contributed by atoms with Gasteiger partial charge in [0, 0.05) is 16.9 Å². The molecule has 0 bridgehead atoms. The predicted molar refractivity (Wildman–Crippen MR) is 265 cm³/mol. The van der Waals surface area contributed by atoms with Gasteiger partial charge in [0.1, 0.15) is 0 Å². The van der Waals surface area contributed by atoms with Crippen molar-refractivity contribution >= 4 is 27.8 Å². The maximum atomic E-state index is 2.58. The van der Waals surface area contributed by atoms with E-state index in [2.05, 4.69) is 228 Å². The van der Waals surface area contributed by atoms with Gasteiger partial charge >= 0.3 is 0 Å². The fourth-order valence-corrected chi connectivity index (χ4v) is 10.9. The molecule has 0 unspecified atom stereocenters. The molecule has 0 spiro atoms. The molecule has 0 aromatic heterocycles. The highest BCUT2D eigenvalue weighted by atomic mass is 15.1. The molecular formula is C61H59N. The first-order valence-electron chi connectivity index (χ1n) is 23.0. The monoisotopic (exact) mass is 805 g/mol. The second-order valence-electron chi connectivity index (χ2n) is 20.0. The van der Waals surface area contributed by atoms with Crippen LogP contribution in [0, 0.1) is 0 Å². The van der Waals surface area contributed by atoms with Crippen molar-refractivity contribution in [3.8, 4) is 22.3 Å². The van der Waals surface area contributed by atoms with E-state index in [1.807, 2.05) is 0 Å². The molecule has 0 amide bonds. The third-order valence-corrected chi connectivity index (χ3v) is 14.0. The molecule has 0 N–H and O–H groups in total. The molecule has 8 aromatic rings. The SMILES string of the molecule is CC(C)(C)c1cc(N(c2cccc(C3(c4ccccc4)c4ccccc4-c4ccccc43)c2)c2ccccc2-c2cccc3cccc(C4CCCCC4)c23)cc(C(C)(C)C)c1. The summed E-state index contributed by atoms with van der Waals surface area (Å²) in [5, 5.41) is 2.73. The number of anilines is 3. The summed E-state index contributed by atoms with van der Waals surface area (Å²) in [7, 11) is 0. The Morgan fingerprint density at radius 1 is 0.435 bits per heavy atom. The minimum atomic E-state index is -0.510. The minimum absolute atomic E-state index is 0.0534. The lowest BCUT2D eigenvalue weighted by Gasteiger charge is -2.36. The first-order valence-corrected chi connectivity index (χ1v) is 23.0. The van der Waals surface area contributed by atoms with Crippen molar-refractivity contribution in [1.29, 1.82) is 0 Å². The highest BCUT2D eigenvalue weighted by molar-refractivity contribution is 6.03. The molecule has 1 fully saturated rings. The van der Waals surface area contributed by atoms with E-state index >= 15 is 0 Å². The standard InChI is InChI=1S/C61H59N/c1-59(2,3)46-38-47(60(4,5)6)41-49(40-46)62(57-37-18-15-32-53(57)54-34-20-25-43-24-19-33-50(58(43)54)42-22-9-7-10-23-42)48-29-21-28-45(39-48)61(44-26-11-8-12-27-44)55-35-16-13-30-51(55)52-31-14-17-36-56(52)61/h8,11-21,24-42H,7,9-10,22-23H2,1-6H3. The van der Waals surface area contributed by atoms with Crippen molar-refractivity contribution < 1.29 is 0 Å². The van der Waals surface area contributed by atoms with Crippen LogP contribution in [0.15, 0.2) is 182 Å². The van der Waals surface area contributed by atoms with Gasteiger partial charge in [-0.3, -0.25) is 0 Å². The summed E-state index contributed by atoms with van der Waals surface area (Å²) in [6.45, 7) is 14.1. The lowest BCUT2D eigenvalue weighted by atomic mass is 9.67. The van der Waals surface area contributed by atoms with Gasteiger partial charge in [0.2, 0.25) is 0 Å². The predicted octanol–water partition coefficient (Wildman–Crippen LogP) is 17.0. The average molecular weight is 806 g/mol. The number of nitrogens with zero attached hydrogens (tertiary/aromatic N) is 1. The van der Waals surface area contributed by atoms with Crippen molar-refractivity contribution in [1.82, 2.24) is 0 Å². The molecular weight excluding hydrogens is 747 g/mol. The van der Waals surface area contributed by atoms with Gasteiger partial charge in [-0.15, -0.1) is 0 Å². The van der Waals surface area contributed by atoms with Gasteiger partial charge in [-0.2, -0.15) is 0 Å². The van der Waals surface area contributed by atoms with Crippen LogP contribution in [0.2, 0.25) is 0 Å². The maximum absolute atomic E-state index is 2.58. The number of rotatable bonds is 7. The van der Waals surface area contributed by atoms with Gasteiger partial charge in [-0.05, 0) is 126 Å². The topological polar surface area (TPSA) is 3.24 Å². The van der Waals surface area contributed by atoms with Crippen LogP contribution < -0.4 is 4.90 Å². The van der Waals surface area contributed by atoms with Crippen molar-refractivity contribution in [3.63, 3.8) is 0 Å². The molecule has 2 aliphatic carbocycles. The Labute approximate surface area is 370 Å². The third-order valence-electron chi connectivity index (χ3n) is 14.0. The van der Waals surface area contributed by atoms with E-state index in [0.717, 1.165) is 5.69 Å². The van der Waals surface area contributed by atoms with Crippen LogP contribution in [0.1, 0.15) is 119 Å². The van der Waals surface area contributed by atoms with Gasteiger partial charge in [0.05, 0.1) is 11.1 Å². The molecule has 0 aliphatic heterocycles. The van der Waals surface area contributed by atoms with Crippen LogP contribution in [-0.2, 0) is 16.2 Å². The fraction of sp³-hybridized carbons (Fsp3) is 0.246. The van der Waals surface area contributed by atoms with Gasteiger partial charge in [0.25, 0.3) is 0 Å². The van der Waals surface area contributed by atoms with E-state index in [1.54, 1.807) is 0 Å². The van der Waals surface area contributed by atoms with E-state index in [-0.39, 0.29) is 10.8 Å². The quantitative estimate of drug-likeness (QED) is 0.155. The Bertz CT molecular complexity index is 2830. The largest absolute Gasteiger partial charge is 0.310 e. The third kappa shape index (κ3) is 6.78. The summed E-state index contributed by atoms with van der Waals surface area (Å²) in [5.74, 6) is 0.581. The highest BCUT2D eigenvalue weighted by Gasteiger charge is 2.46. The Balaban J connectivity index is 1.27. The Hall–Kier alpha value is -6.18. The molecule has 10 rings (SSSR count). The maximum Gasteiger partial charge on any atom is 0.0714 e. The molecule has 8 aromatic carbocycles. The van der Waals surface area contributed by atoms with E-state index in [4.69, 9.17) is 0 Å². The summed E-state index contributed by atoms with van der Waals surface area (Å²) in [4.78, 5) is 2.58. The number of para-hydroxylation sites is 1. The first-order chi connectivity index (χ1) is 30.0. The normalized spacial score (nSPS) is 15.0. The van der Waals surface area contributed by atoms with Crippen LogP contribution in [0.5, 0.6) is 0 Å². The molecule has 1 heteroatoms. The van der Waals surface area contributed by atoms with E-state index in [0.29, 0.717) is 5.92 Å². The van der Waals surface area contributed by atoms with Crippen molar-refractivity contribution in [3.05, 3.63) is 221 Å². The van der Waals surface area contributed by atoms with Crippen LogP contribution in [0.3, 0.4) is 0 Å². The Morgan fingerprint density at radius 3 is 1.61 bits per heavy atom. The molecule has 2 aliphatic rings. The van der Waals surface area contributed by atoms with Crippen LogP contribution >= 0.6 is 0 Å². The second kappa shape index (κ2) is 15.6. The summed E-state index contributed by atoms with van der Waals surface area (Å²) >= 11 is 0. The fourth-order valence-electron chi connectivity index (χ4n) is 10.9. The molecule has 0 heterocycles. The van der Waals surface area contributed by atoms with Gasteiger partial charge < -0.3 is 4.90 Å². The highest BCUT2D eigenvalue weighted by Crippen LogP contribution is 2.57. The molecule has 0 saturated heterocycles. The van der Waals surface area contributed by atoms with Crippen molar-refractivity contribution in [2.75, 3.05) is 4.90 Å². The van der Waals surface area contributed by atoms with Gasteiger partial charge in [-0.25, -0.2) is 0 Å². The lowest BCUT2D eigenvalue weighted by molar-refractivity contribution is 0.445. The molecule has 1 saturated carbocycles. The van der Waals surface area contributed by atoms with Crippen LogP contribution in [0.25, 0.3) is 33.0 Å². The molecule has 0 atom stereocenters. The molecule has 308 valence electrons. The molecule has 1 nitrogen and oxygen atoms in total. The summed E-state index contributed by atoms with van der Waals surface area (Å²) in [5.41, 5.74) is 17.4. The lowest BCUT2D eigenvalue weighted by Crippen LogP contribution is -2.29. The van der Waals surface area contributed by atoms with E-state index in [9.17, 15) is 0 Å². The summed E-state index contributed by atoms with van der Waals surface area (Å²) < 4.78 is 0. The van der Waals surface area contributed by atoms with Crippen LogP contribution in [-0.4, -0.2) is 0 Å². The Kier molecular flexibility index (Phi) is 10.1. The number of hydrogen-bond donors (Lipinski definition) is 0. The van der Waals surface area contributed by atoms with Gasteiger partial charge in [0.15, 0.2) is 0 Å². The number of fused-ring (bicyclic) bond motifs is 4. The summed E-state index contributed by atoms with van der Waals surface area (Å²) in [6, 6.07) is 69.4. The zero-order valence-corrected chi connectivity index (χ0v) is 37.4. The zero-order valence-electron chi connectivity index (χ0n) is 37.4. The van der Waals surface area contributed by atoms with E-state index in [1.165, 1.54) is 115 Å². The number of hydrogen-bond acceptors (Lipinski definition) is 1. The summed E-state index contributed by atoms with van der Waals surface area (Å²) in [6.07, 6.45) is 6.49. The van der Waals surface area contributed by atoms with Crippen molar-refractivity contribution in [2.45, 2.75) is 95.8 Å². The second-order valence-corrected chi connectivity index (χ2v) is 20.0. The van der Waals surface area contributed by atoms with E-state index < -0.39 is 5.41 Å². The molecule has 62 heavy (non-hydrogen) atoms. The van der Waals surface area contributed by atoms with Gasteiger partial charge in [-0.1, -0.05) is 212 Å². The van der Waals surface area contributed by atoms with Crippen molar-refractivity contribution in [2.24, 2.45) is 0 Å². The Morgan fingerprint density at radius 2 is 0.968 bits per heavy atom. The zero-order chi connectivity index (χ0) is 42.6. The molecule has 0 radical (unpaired) electrons. The minimum Gasteiger partial charge on any atom is -0.310 e. The first kappa shape index (κ1) is 39.9. The smallest absolute Gasteiger partial charge is 0.0714 e. The average Bonchev–Trinajstić information content (AvgIpc) is 3.60.